The first kappa shape index (κ1) is 25.9. The van der Waals surface area contributed by atoms with Gasteiger partial charge in [0.05, 0.1) is 19.5 Å². The number of nitrogens with one attached hydrogen (secondary N) is 1. The third-order valence-corrected chi connectivity index (χ3v) is 7.32. The van der Waals surface area contributed by atoms with Crippen LogP contribution in [-0.2, 0) is 20.7 Å². The third-order valence-electron chi connectivity index (χ3n) is 7.32. The van der Waals surface area contributed by atoms with E-state index < -0.39 is 28.7 Å². The van der Waals surface area contributed by atoms with Gasteiger partial charge in [0, 0.05) is 24.1 Å². The molecular weight excluding hydrogens is 460 g/mol. The van der Waals surface area contributed by atoms with Crippen LogP contribution in [0.2, 0.25) is 0 Å². The summed E-state index contributed by atoms with van der Waals surface area (Å²) in [5, 5.41) is 13.3. The molecule has 0 aromatic heterocycles. The van der Waals surface area contributed by atoms with Crippen LogP contribution in [0.15, 0.2) is 52.9 Å². The topological polar surface area (TPSA) is 131 Å². The summed E-state index contributed by atoms with van der Waals surface area (Å²) < 4.78 is 10.9. The van der Waals surface area contributed by atoms with Crippen molar-refractivity contribution in [1.29, 1.82) is 0 Å². The molecule has 0 unspecified atom stereocenters. The Morgan fingerprint density at radius 2 is 2.03 bits per heavy atom. The lowest BCUT2D eigenvalue weighted by molar-refractivity contribution is -0.145. The number of epoxide rings is 1. The van der Waals surface area contributed by atoms with Gasteiger partial charge in [0.15, 0.2) is 11.4 Å². The maximum absolute atomic E-state index is 13.9. The number of benzene rings is 1. The van der Waals surface area contributed by atoms with Crippen molar-refractivity contribution in [2.75, 3.05) is 20.3 Å². The average Bonchev–Trinajstić information content (AvgIpc) is 3.55. The maximum atomic E-state index is 13.9. The molecule has 0 saturated carbocycles. The Morgan fingerprint density at radius 3 is 2.67 bits per heavy atom. The molecule has 2 atom stereocenters. The van der Waals surface area contributed by atoms with Gasteiger partial charge in [-0.05, 0) is 54.9 Å². The van der Waals surface area contributed by atoms with Crippen LogP contribution >= 0.6 is 0 Å². The number of carbonyl (C=O) groups excluding carboxylic acids is 3. The van der Waals surface area contributed by atoms with Crippen LogP contribution in [0.1, 0.15) is 66.3 Å². The number of esters is 1. The quantitative estimate of drug-likeness (QED) is 0.207. The van der Waals surface area contributed by atoms with E-state index in [2.05, 4.69) is 5.32 Å². The summed E-state index contributed by atoms with van der Waals surface area (Å²) in [5.41, 5.74) is 5.81. The zero-order chi connectivity index (χ0) is 26.3. The Labute approximate surface area is 211 Å². The molecule has 1 aromatic rings. The molecule has 36 heavy (non-hydrogen) atoms. The molecule has 0 amide bonds. The number of carbonyl (C=O) groups is 3. The Balaban J connectivity index is 1.71. The van der Waals surface area contributed by atoms with Gasteiger partial charge in [-0.25, -0.2) is 4.79 Å². The van der Waals surface area contributed by atoms with Crippen molar-refractivity contribution in [3.05, 3.63) is 69.6 Å². The summed E-state index contributed by atoms with van der Waals surface area (Å²) in [5.74, 6) is -1.01. The van der Waals surface area contributed by atoms with E-state index in [1.165, 1.54) is 7.11 Å². The minimum absolute atomic E-state index is 0.0680. The van der Waals surface area contributed by atoms with Crippen LogP contribution < -0.4 is 11.1 Å². The van der Waals surface area contributed by atoms with Crippen molar-refractivity contribution < 1.29 is 29.0 Å². The smallest absolute Gasteiger partial charge is 0.350 e. The first-order chi connectivity index (χ1) is 17.1. The van der Waals surface area contributed by atoms with E-state index in [-0.39, 0.29) is 30.1 Å². The molecule has 1 fully saturated rings. The van der Waals surface area contributed by atoms with Gasteiger partial charge in [0.25, 0.3) is 5.60 Å². The average molecular weight is 495 g/mol. The second-order valence-corrected chi connectivity index (χ2v) is 10.2. The number of hydrogen-bond acceptors (Lipinski definition) is 8. The SMILES string of the molecule is COC(=O)[C@]12O[C@@]1(C/C(CO)=C(\C)CCC1=CCNC(N)=C1)C(=O)c1cccc(CC(C)C)c1C2=O. The highest BCUT2D eigenvalue weighted by Gasteiger charge is 2.85. The number of fused-ring (bicyclic) bond motifs is 2. The third kappa shape index (κ3) is 4.08. The second-order valence-electron chi connectivity index (χ2n) is 10.2. The van der Waals surface area contributed by atoms with Crippen LogP contribution in [-0.4, -0.2) is 54.1 Å². The predicted molar refractivity (Wildman–Crippen MR) is 134 cm³/mol. The molecular formula is C28H34N2O6. The summed E-state index contributed by atoms with van der Waals surface area (Å²) in [6.07, 6.45) is 5.74. The molecule has 0 bridgehead atoms. The number of aliphatic hydroxyl groups is 1. The highest BCUT2D eigenvalue weighted by Crippen LogP contribution is 2.59. The van der Waals surface area contributed by atoms with E-state index in [1.54, 1.807) is 12.1 Å². The summed E-state index contributed by atoms with van der Waals surface area (Å²) >= 11 is 0. The van der Waals surface area contributed by atoms with Crippen LogP contribution in [0.3, 0.4) is 0 Å². The summed E-state index contributed by atoms with van der Waals surface area (Å²) in [7, 11) is 1.18. The highest BCUT2D eigenvalue weighted by atomic mass is 16.7. The molecule has 2 aliphatic heterocycles. The Hall–Kier alpha value is -3.23. The highest BCUT2D eigenvalue weighted by molar-refractivity contribution is 6.33. The minimum atomic E-state index is -2.03. The van der Waals surface area contributed by atoms with E-state index in [1.807, 2.05) is 39.0 Å². The van der Waals surface area contributed by atoms with Gasteiger partial charge in [-0.1, -0.05) is 43.7 Å². The number of dihydropyridines is 1. The van der Waals surface area contributed by atoms with Crippen molar-refractivity contribution in [3.63, 3.8) is 0 Å². The fourth-order valence-electron chi connectivity index (χ4n) is 5.35. The molecule has 1 aliphatic carbocycles. The zero-order valence-electron chi connectivity index (χ0n) is 21.3. The van der Waals surface area contributed by atoms with Crippen molar-refractivity contribution in [2.24, 2.45) is 11.7 Å². The lowest BCUT2D eigenvalue weighted by atomic mass is 9.69. The van der Waals surface area contributed by atoms with E-state index in [4.69, 9.17) is 15.2 Å². The Kier molecular flexibility index (Phi) is 6.94. The van der Waals surface area contributed by atoms with Gasteiger partial charge < -0.3 is 25.6 Å². The van der Waals surface area contributed by atoms with Gasteiger partial charge in [0.2, 0.25) is 5.78 Å². The molecule has 8 nitrogen and oxygen atoms in total. The molecule has 4 rings (SSSR count). The van der Waals surface area contributed by atoms with Crippen molar-refractivity contribution >= 4 is 17.5 Å². The van der Waals surface area contributed by atoms with Crippen molar-refractivity contribution in [1.82, 2.24) is 5.32 Å². The first-order valence-electron chi connectivity index (χ1n) is 12.3. The number of hydrogen-bond donors (Lipinski definition) is 3. The summed E-state index contributed by atoms with van der Waals surface area (Å²) in [6.45, 7) is 6.25. The van der Waals surface area contributed by atoms with Crippen LogP contribution in [0.25, 0.3) is 0 Å². The molecule has 8 heteroatoms. The van der Waals surface area contributed by atoms with Gasteiger partial charge in [-0.15, -0.1) is 0 Å². The Bertz CT molecular complexity index is 1210. The summed E-state index contributed by atoms with van der Waals surface area (Å²) in [6, 6.07) is 5.17. The molecule has 192 valence electrons. The number of aliphatic hydroxyl groups excluding tert-OH is 1. The summed E-state index contributed by atoms with van der Waals surface area (Å²) in [4.78, 5) is 40.7. The maximum Gasteiger partial charge on any atom is 0.350 e. The molecule has 3 aliphatic rings. The van der Waals surface area contributed by atoms with Crippen LogP contribution in [0.4, 0.5) is 0 Å². The second kappa shape index (κ2) is 9.67. The molecule has 1 aromatic carbocycles. The molecule has 1 saturated heterocycles. The number of Topliss-reactive ketones (excluding diaryl/α,β-unsaturated/α-hetero) is 2. The number of ketones is 2. The fraction of sp³-hybridized carbons (Fsp3) is 0.464. The van der Waals surface area contributed by atoms with E-state index in [0.29, 0.717) is 42.8 Å². The molecule has 0 spiro atoms. The van der Waals surface area contributed by atoms with Gasteiger partial charge in [0.1, 0.15) is 0 Å². The number of methoxy groups -OCH3 is 1. The first-order valence-corrected chi connectivity index (χ1v) is 12.3. The number of allylic oxidation sites excluding steroid dienone is 3. The Morgan fingerprint density at radius 1 is 1.28 bits per heavy atom. The molecule has 2 heterocycles. The predicted octanol–water partition coefficient (Wildman–Crippen LogP) is 2.75. The van der Waals surface area contributed by atoms with E-state index >= 15 is 0 Å². The molecule has 0 radical (unpaired) electrons. The fourth-order valence-corrected chi connectivity index (χ4v) is 5.35. The normalized spacial score (nSPS) is 25.3. The van der Waals surface area contributed by atoms with E-state index in [0.717, 1.165) is 11.1 Å². The lowest BCUT2D eigenvalue weighted by Crippen LogP contribution is -2.51. The minimum Gasteiger partial charge on any atom is -0.466 e. The van der Waals surface area contributed by atoms with E-state index in [9.17, 15) is 19.5 Å². The zero-order valence-corrected chi connectivity index (χ0v) is 21.3. The van der Waals surface area contributed by atoms with Crippen molar-refractivity contribution in [3.8, 4) is 0 Å². The standard InChI is InChI=1S/C28H34N2O6/c1-16(2)12-19-6-5-7-21-23(19)25(33)28(26(34)35-4)27(36-28,24(21)32)14-20(15-31)17(3)8-9-18-10-11-30-22(29)13-18/h5-7,10,13,16,30-31H,8-9,11-12,14-15,29H2,1-4H3/b20-17-/t27-,28-/m0/s1. The van der Waals surface area contributed by atoms with Crippen LogP contribution in [0.5, 0.6) is 0 Å². The van der Waals surface area contributed by atoms with Crippen LogP contribution in [0, 0.1) is 5.92 Å². The number of rotatable bonds is 9. The largest absolute Gasteiger partial charge is 0.466 e. The molecule has 4 N–H and O–H groups in total. The lowest BCUT2D eigenvalue weighted by Gasteiger charge is -2.26. The monoisotopic (exact) mass is 494 g/mol. The number of nitrogens with two attached hydrogens (primary N) is 1. The van der Waals surface area contributed by atoms with Gasteiger partial charge in [-0.2, -0.15) is 0 Å². The number of ether oxygens (including phenoxy) is 2. The van der Waals surface area contributed by atoms with Crippen molar-refractivity contribution in [2.45, 2.75) is 57.7 Å². The van der Waals surface area contributed by atoms with Gasteiger partial charge in [-0.3, -0.25) is 9.59 Å². The van der Waals surface area contributed by atoms with Gasteiger partial charge >= 0.3 is 5.97 Å².